The number of nitrogens with one attached hydrogen (secondary N) is 1. The van der Waals surface area contributed by atoms with E-state index in [1.807, 2.05) is 41.0 Å². The molecule has 1 fully saturated rings. The van der Waals surface area contributed by atoms with Gasteiger partial charge in [0, 0.05) is 6.61 Å². The van der Waals surface area contributed by atoms with Crippen molar-refractivity contribution in [2.24, 2.45) is 0 Å². The maximum atomic E-state index is 13.1. The van der Waals surface area contributed by atoms with Gasteiger partial charge >= 0.3 is 0 Å². The molecule has 4 aromatic rings. The summed E-state index contributed by atoms with van der Waals surface area (Å²) in [6, 6.07) is 9.21. The molecule has 1 atom stereocenters. The van der Waals surface area contributed by atoms with Gasteiger partial charge in [-0.1, -0.05) is 23.9 Å². The second kappa shape index (κ2) is 9.54. The van der Waals surface area contributed by atoms with Crippen molar-refractivity contribution in [3.05, 3.63) is 46.1 Å². The number of amides is 1. The van der Waals surface area contributed by atoms with Gasteiger partial charge in [-0.05, 0) is 43.3 Å². The van der Waals surface area contributed by atoms with E-state index < -0.39 is 0 Å². The lowest BCUT2D eigenvalue weighted by Crippen LogP contribution is -2.28. The number of para-hydroxylation sites is 2. The summed E-state index contributed by atoms with van der Waals surface area (Å²) in [6.07, 6.45) is 1.90. The number of benzene rings is 1. The predicted octanol–water partition coefficient (Wildman–Crippen LogP) is 3.41. The third-order valence-electron chi connectivity index (χ3n) is 5.39. The van der Waals surface area contributed by atoms with Crippen LogP contribution in [-0.4, -0.2) is 50.1 Å². The monoisotopic (exact) mass is 485 g/mol. The fourth-order valence-corrected chi connectivity index (χ4v) is 5.48. The average Bonchev–Trinajstić information content (AvgIpc) is 3.57. The van der Waals surface area contributed by atoms with E-state index in [4.69, 9.17) is 9.47 Å². The van der Waals surface area contributed by atoms with Crippen molar-refractivity contribution in [1.29, 1.82) is 0 Å². The number of carbonyl (C=O) groups is 1. The first-order valence-corrected chi connectivity index (χ1v) is 12.6. The van der Waals surface area contributed by atoms with Crippen molar-refractivity contribution >= 4 is 50.7 Å². The topological polar surface area (TPSA) is 99.8 Å². The second-order valence-electron chi connectivity index (χ2n) is 7.57. The Labute approximate surface area is 197 Å². The molecule has 11 heteroatoms. The van der Waals surface area contributed by atoms with Crippen LogP contribution in [0.3, 0.4) is 0 Å². The molecule has 0 radical (unpaired) electrons. The standard InChI is InChI=1S/C22H23N5O4S2/c1-2-30-17-8-4-3-7-15(17)23-18(28)13-33-22-25-24-21-26(12-14-6-5-10-31-14)20(29)19-16(27(21)22)9-11-32-19/h3-4,7-9,11,14H,2,5-6,10,12-13H2,1H3,(H,23,28). The maximum Gasteiger partial charge on any atom is 0.272 e. The molecule has 1 aliphatic rings. The molecular weight excluding hydrogens is 462 g/mol. The summed E-state index contributed by atoms with van der Waals surface area (Å²) in [6.45, 7) is 3.56. The van der Waals surface area contributed by atoms with E-state index in [1.165, 1.54) is 23.1 Å². The minimum Gasteiger partial charge on any atom is -0.492 e. The average molecular weight is 486 g/mol. The van der Waals surface area contributed by atoms with Gasteiger partial charge in [-0.15, -0.1) is 21.5 Å². The molecule has 1 N–H and O–H groups in total. The summed E-state index contributed by atoms with van der Waals surface area (Å²) in [5.74, 6) is 1.05. The first-order chi connectivity index (χ1) is 16.2. The second-order valence-corrected chi connectivity index (χ2v) is 9.43. The summed E-state index contributed by atoms with van der Waals surface area (Å²) < 4.78 is 15.5. The Bertz CT molecular complexity index is 1360. The normalized spacial score (nSPS) is 16.0. The number of thiophene rings is 1. The van der Waals surface area contributed by atoms with E-state index in [0.29, 0.717) is 46.8 Å². The first kappa shape index (κ1) is 21.9. The third-order valence-corrected chi connectivity index (χ3v) is 7.21. The van der Waals surface area contributed by atoms with Crippen LogP contribution < -0.4 is 15.6 Å². The van der Waals surface area contributed by atoms with Crippen LogP contribution in [-0.2, 0) is 16.1 Å². The molecule has 1 aromatic carbocycles. The summed E-state index contributed by atoms with van der Waals surface area (Å²) in [4.78, 5) is 25.8. The lowest BCUT2D eigenvalue weighted by Gasteiger charge is -2.13. The number of nitrogens with zero attached hydrogens (tertiary/aromatic N) is 4. The predicted molar refractivity (Wildman–Crippen MR) is 129 cm³/mol. The van der Waals surface area contributed by atoms with Crippen molar-refractivity contribution in [2.45, 2.75) is 37.6 Å². The number of hydrogen-bond acceptors (Lipinski definition) is 8. The molecule has 0 bridgehead atoms. The molecule has 9 nitrogen and oxygen atoms in total. The van der Waals surface area contributed by atoms with Crippen LogP contribution >= 0.6 is 23.1 Å². The highest BCUT2D eigenvalue weighted by Crippen LogP contribution is 2.27. The van der Waals surface area contributed by atoms with Gasteiger partial charge in [0.25, 0.3) is 5.56 Å². The highest BCUT2D eigenvalue weighted by molar-refractivity contribution is 7.99. The number of thioether (sulfide) groups is 1. The molecule has 1 amide bonds. The van der Waals surface area contributed by atoms with E-state index in [-0.39, 0.29) is 23.3 Å². The zero-order chi connectivity index (χ0) is 22.8. The molecule has 5 rings (SSSR count). The molecular formula is C22H23N5O4S2. The van der Waals surface area contributed by atoms with Gasteiger partial charge in [0.05, 0.1) is 36.2 Å². The Kier molecular flexibility index (Phi) is 6.34. The van der Waals surface area contributed by atoms with Crippen LogP contribution in [0.5, 0.6) is 5.75 Å². The Morgan fingerprint density at radius 3 is 3.03 bits per heavy atom. The van der Waals surface area contributed by atoms with E-state index in [0.717, 1.165) is 18.4 Å². The molecule has 0 spiro atoms. The zero-order valence-corrected chi connectivity index (χ0v) is 19.7. The van der Waals surface area contributed by atoms with Crippen molar-refractivity contribution in [3.8, 4) is 5.75 Å². The van der Waals surface area contributed by atoms with Crippen molar-refractivity contribution in [3.63, 3.8) is 0 Å². The van der Waals surface area contributed by atoms with Crippen molar-refractivity contribution < 1.29 is 14.3 Å². The highest BCUT2D eigenvalue weighted by atomic mass is 32.2. The van der Waals surface area contributed by atoms with E-state index in [9.17, 15) is 9.59 Å². The van der Waals surface area contributed by atoms with Gasteiger partial charge in [-0.25, -0.2) is 0 Å². The molecule has 172 valence electrons. The minimum absolute atomic E-state index is 0.00657. The van der Waals surface area contributed by atoms with Crippen LogP contribution in [0.25, 0.3) is 16.0 Å². The van der Waals surface area contributed by atoms with Crippen LogP contribution in [0, 0.1) is 0 Å². The van der Waals surface area contributed by atoms with Crippen molar-refractivity contribution in [2.75, 3.05) is 24.3 Å². The number of aromatic nitrogens is 4. The molecule has 33 heavy (non-hydrogen) atoms. The van der Waals surface area contributed by atoms with E-state index >= 15 is 0 Å². The lowest BCUT2D eigenvalue weighted by atomic mass is 10.2. The van der Waals surface area contributed by atoms with Crippen LogP contribution in [0.2, 0.25) is 0 Å². The summed E-state index contributed by atoms with van der Waals surface area (Å²) in [5, 5.41) is 13.9. The quantitative estimate of drug-likeness (QED) is 0.382. The summed E-state index contributed by atoms with van der Waals surface area (Å²) in [7, 11) is 0. The van der Waals surface area contributed by atoms with E-state index in [1.54, 1.807) is 10.6 Å². The van der Waals surface area contributed by atoms with Gasteiger partial charge in [0.15, 0.2) is 5.16 Å². The van der Waals surface area contributed by atoms with Crippen molar-refractivity contribution in [1.82, 2.24) is 19.2 Å². The number of anilines is 1. The molecule has 1 saturated heterocycles. The van der Waals surface area contributed by atoms with E-state index in [2.05, 4.69) is 15.5 Å². The maximum absolute atomic E-state index is 13.1. The highest BCUT2D eigenvalue weighted by Gasteiger charge is 2.23. The Morgan fingerprint density at radius 2 is 2.21 bits per heavy atom. The summed E-state index contributed by atoms with van der Waals surface area (Å²) in [5.41, 5.74) is 1.29. The third kappa shape index (κ3) is 4.35. The molecule has 1 aliphatic heterocycles. The fraction of sp³-hybridized carbons (Fsp3) is 0.364. The smallest absolute Gasteiger partial charge is 0.272 e. The van der Waals surface area contributed by atoms with Crippen LogP contribution in [0.1, 0.15) is 19.8 Å². The van der Waals surface area contributed by atoms with Gasteiger partial charge in [0.1, 0.15) is 10.4 Å². The Morgan fingerprint density at radius 1 is 1.33 bits per heavy atom. The van der Waals surface area contributed by atoms with Gasteiger partial charge in [-0.3, -0.25) is 18.6 Å². The molecule has 4 heterocycles. The molecule has 0 saturated carbocycles. The number of rotatable bonds is 8. The van der Waals surface area contributed by atoms with Gasteiger partial charge in [-0.2, -0.15) is 0 Å². The minimum atomic E-state index is -0.182. The molecule has 1 unspecified atom stereocenters. The largest absolute Gasteiger partial charge is 0.492 e. The lowest BCUT2D eigenvalue weighted by molar-refractivity contribution is -0.113. The number of hydrogen-bond donors (Lipinski definition) is 1. The molecule has 0 aliphatic carbocycles. The number of carbonyl (C=O) groups excluding carboxylic acids is 1. The SMILES string of the molecule is CCOc1ccccc1NC(=O)CSc1nnc2n(CC3CCCO3)c(=O)c3sccc3n12. The first-order valence-electron chi connectivity index (χ1n) is 10.8. The van der Waals surface area contributed by atoms with Crippen LogP contribution in [0.15, 0.2) is 45.7 Å². The Balaban J connectivity index is 1.41. The van der Waals surface area contributed by atoms with Gasteiger partial charge < -0.3 is 14.8 Å². The zero-order valence-electron chi connectivity index (χ0n) is 18.0. The summed E-state index contributed by atoms with van der Waals surface area (Å²) >= 11 is 2.67. The number of fused-ring (bicyclic) bond motifs is 3. The Hall–Kier alpha value is -2.89. The number of ether oxygens (including phenoxy) is 2. The van der Waals surface area contributed by atoms with Crippen LogP contribution in [0.4, 0.5) is 5.69 Å². The van der Waals surface area contributed by atoms with Gasteiger partial charge in [0.2, 0.25) is 11.7 Å². The fourth-order valence-electron chi connectivity index (χ4n) is 3.92. The molecule has 3 aromatic heterocycles.